The molecule has 0 saturated carbocycles. The Hall–Kier alpha value is -1.10. The minimum Gasteiger partial charge on any atom is -0.368 e. The van der Waals surface area contributed by atoms with E-state index in [0.29, 0.717) is 13.0 Å². The van der Waals surface area contributed by atoms with Gasteiger partial charge in [-0.15, -0.1) is 0 Å². The molecule has 5 nitrogen and oxygen atoms in total. The maximum absolute atomic E-state index is 11.5. The topological polar surface area (TPSA) is 98.2 Å². The van der Waals surface area contributed by atoms with E-state index in [-0.39, 0.29) is 11.3 Å². The van der Waals surface area contributed by atoms with Gasteiger partial charge in [0.15, 0.2) is 0 Å². The third kappa shape index (κ3) is 6.40. The fraction of sp³-hybridized carbons (Fsp3) is 0.818. The number of rotatable bonds is 7. The zero-order chi connectivity index (χ0) is 12.8. The molecule has 0 saturated heterocycles. The van der Waals surface area contributed by atoms with E-state index < -0.39 is 11.9 Å². The van der Waals surface area contributed by atoms with E-state index in [1.807, 2.05) is 0 Å². The van der Waals surface area contributed by atoms with Crippen molar-refractivity contribution in [3.63, 3.8) is 0 Å². The van der Waals surface area contributed by atoms with E-state index in [9.17, 15) is 9.59 Å². The molecule has 0 aliphatic carbocycles. The number of nitrogens with two attached hydrogens (primary N) is 2. The zero-order valence-corrected chi connectivity index (χ0v) is 10.4. The molecule has 0 aromatic carbocycles. The van der Waals surface area contributed by atoms with Gasteiger partial charge in [-0.3, -0.25) is 9.59 Å². The summed E-state index contributed by atoms with van der Waals surface area (Å²) in [7, 11) is 0. The van der Waals surface area contributed by atoms with Gasteiger partial charge < -0.3 is 16.8 Å². The maximum Gasteiger partial charge on any atom is 0.239 e. The number of carbonyl (C=O) groups excluding carboxylic acids is 2. The van der Waals surface area contributed by atoms with Crippen molar-refractivity contribution in [1.29, 1.82) is 0 Å². The summed E-state index contributed by atoms with van der Waals surface area (Å²) in [6.45, 7) is 6.34. The van der Waals surface area contributed by atoms with E-state index in [4.69, 9.17) is 11.5 Å². The van der Waals surface area contributed by atoms with Crippen molar-refractivity contribution in [2.45, 2.75) is 46.1 Å². The molecule has 0 aromatic heterocycles. The maximum atomic E-state index is 11.5. The van der Waals surface area contributed by atoms with Crippen LogP contribution in [0.4, 0.5) is 0 Å². The van der Waals surface area contributed by atoms with Gasteiger partial charge in [-0.2, -0.15) is 0 Å². The molecule has 0 bridgehead atoms. The first-order valence-corrected chi connectivity index (χ1v) is 5.57. The lowest BCUT2D eigenvalue weighted by molar-refractivity contribution is -0.127. The molecule has 0 radical (unpaired) electrons. The van der Waals surface area contributed by atoms with Crippen LogP contribution in [0, 0.1) is 5.41 Å². The summed E-state index contributed by atoms with van der Waals surface area (Å²) < 4.78 is 0. The lowest BCUT2D eigenvalue weighted by atomic mass is 9.84. The molecule has 1 unspecified atom stereocenters. The molecule has 2 amide bonds. The number of hydrogen-bond donors (Lipinski definition) is 3. The van der Waals surface area contributed by atoms with Gasteiger partial charge in [-0.1, -0.05) is 13.8 Å². The molecule has 0 aromatic rings. The minimum atomic E-state index is -0.606. The van der Waals surface area contributed by atoms with Crippen LogP contribution >= 0.6 is 0 Å². The SMILES string of the molecule is CC(NC(=O)CCC(C)(C)CCN)C(N)=O. The Labute approximate surface area is 96.9 Å². The molecule has 0 aliphatic rings. The average Bonchev–Trinajstić information content (AvgIpc) is 2.14. The van der Waals surface area contributed by atoms with Crippen LogP contribution in [0.2, 0.25) is 0 Å². The molecule has 0 fully saturated rings. The van der Waals surface area contributed by atoms with Crippen LogP contribution in [-0.2, 0) is 9.59 Å². The van der Waals surface area contributed by atoms with Crippen LogP contribution < -0.4 is 16.8 Å². The summed E-state index contributed by atoms with van der Waals surface area (Å²) in [6, 6.07) is -0.606. The molecule has 0 spiro atoms. The van der Waals surface area contributed by atoms with Crippen molar-refractivity contribution >= 4 is 11.8 Å². The molecule has 0 aliphatic heterocycles. The first-order chi connectivity index (χ1) is 7.28. The molecule has 0 rings (SSSR count). The van der Waals surface area contributed by atoms with Gasteiger partial charge in [0.05, 0.1) is 0 Å². The van der Waals surface area contributed by atoms with Gasteiger partial charge in [-0.25, -0.2) is 0 Å². The molecule has 1 atom stereocenters. The highest BCUT2D eigenvalue weighted by atomic mass is 16.2. The van der Waals surface area contributed by atoms with E-state index >= 15 is 0 Å². The third-order valence-corrected chi connectivity index (χ3v) is 2.65. The van der Waals surface area contributed by atoms with Crippen molar-refractivity contribution in [3.8, 4) is 0 Å². The Kier molecular flexibility index (Phi) is 6.03. The molecule has 0 heterocycles. The quantitative estimate of drug-likeness (QED) is 0.578. The molecular weight excluding hydrogens is 206 g/mol. The molecule has 5 N–H and O–H groups in total. The highest BCUT2D eigenvalue weighted by molar-refractivity contribution is 5.86. The number of amides is 2. The summed E-state index contributed by atoms with van der Waals surface area (Å²) in [4.78, 5) is 22.2. The Morgan fingerprint density at radius 2 is 1.88 bits per heavy atom. The Morgan fingerprint density at radius 1 is 1.31 bits per heavy atom. The number of primary amides is 1. The lowest BCUT2D eigenvalue weighted by Crippen LogP contribution is -2.42. The predicted molar refractivity (Wildman–Crippen MR) is 63.5 cm³/mol. The summed E-state index contributed by atoms with van der Waals surface area (Å²) in [5.74, 6) is -0.661. The Bertz CT molecular complexity index is 252. The van der Waals surface area contributed by atoms with Crippen molar-refractivity contribution in [1.82, 2.24) is 5.32 Å². The first kappa shape index (κ1) is 14.9. The summed E-state index contributed by atoms with van der Waals surface area (Å²) in [5, 5.41) is 2.55. The second kappa shape index (κ2) is 6.48. The Balaban J connectivity index is 3.94. The standard InChI is InChI=1S/C11H23N3O2/c1-8(10(13)16)14-9(15)4-5-11(2,3)6-7-12/h8H,4-7,12H2,1-3H3,(H2,13,16)(H,14,15). The normalized spacial score (nSPS) is 13.2. The van der Waals surface area contributed by atoms with Gasteiger partial charge in [0.1, 0.15) is 6.04 Å². The number of carbonyl (C=O) groups is 2. The largest absolute Gasteiger partial charge is 0.368 e. The lowest BCUT2D eigenvalue weighted by Gasteiger charge is -2.23. The van der Waals surface area contributed by atoms with Gasteiger partial charge in [-0.05, 0) is 31.7 Å². The average molecular weight is 229 g/mol. The van der Waals surface area contributed by atoms with Gasteiger partial charge in [0.2, 0.25) is 11.8 Å². The fourth-order valence-electron chi connectivity index (χ4n) is 1.35. The second-order valence-corrected chi connectivity index (χ2v) is 4.89. The molecular formula is C11H23N3O2. The van der Waals surface area contributed by atoms with Crippen molar-refractivity contribution in [2.24, 2.45) is 16.9 Å². The highest BCUT2D eigenvalue weighted by Gasteiger charge is 2.19. The van der Waals surface area contributed by atoms with E-state index in [0.717, 1.165) is 12.8 Å². The number of nitrogens with one attached hydrogen (secondary N) is 1. The van der Waals surface area contributed by atoms with Crippen LogP contribution in [0.5, 0.6) is 0 Å². The van der Waals surface area contributed by atoms with Gasteiger partial charge >= 0.3 is 0 Å². The van der Waals surface area contributed by atoms with Crippen molar-refractivity contribution in [3.05, 3.63) is 0 Å². The van der Waals surface area contributed by atoms with Crippen LogP contribution in [-0.4, -0.2) is 24.4 Å². The van der Waals surface area contributed by atoms with Crippen molar-refractivity contribution in [2.75, 3.05) is 6.54 Å². The van der Waals surface area contributed by atoms with E-state index in [1.54, 1.807) is 6.92 Å². The zero-order valence-electron chi connectivity index (χ0n) is 10.4. The fourth-order valence-corrected chi connectivity index (χ4v) is 1.35. The monoisotopic (exact) mass is 229 g/mol. The summed E-state index contributed by atoms with van der Waals surface area (Å²) >= 11 is 0. The smallest absolute Gasteiger partial charge is 0.239 e. The Morgan fingerprint density at radius 3 is 2.31 bits per heavy atom. The van der Waals surface area contributed by atoms with Crippen LogP contribution in [0.15, 0.2) is 0 Å². The second-order valence-electron chi connectivity index (χ2n) is 4.89. The number of hydrogen-bond acceptors (Lipinski definition) is 3. The minimum absolute atomic E-state index is 0.0576. The molecule has 5 heteroatoms. The molecule has 16 heavy (non-hydrogen) atoms. The summed E-state index contributed by atoms with van der Waals surface area (Å²) in [5.41, 5.74) is 10.6. The third-order valence-electron chi connectivity index (χ3n) is 2.65. The van der Waals surface area contributed by atoms with Crippen molar-refractivity contribution < 1.29 is 9.59 Å². The van der Waals surface area contributed by atoms with Gasteiger partial charge in [0.25, 0.3) is 0 Å². The van der Waals surface area contributed by atoms with Crippen LogP contribution in [0.25, 0.3) is 0 Å². The van der Waals surface area contributed by atoms with Crippen LogP contribution in [0.1, 0.15) is 40.0 Å². The first-order valence-electron chi connectivity index (χ1n) is 5.57. The van der Waals surface area contributed by atoms with Crippen LogP contribution in [0.3, 0.4) is 0 Å². The highest BCUT2D eigenvalue weighted by Crippen LogP contribution is 2.25. The van der Waals surface area contributed by atoms with E-state index in [2.05, 4.69) is 19.2 Å². The molecule has 94 valence electrons. The van der Waals surface area contributed by atoms with Gasteiger partial charge in [0, 0.05) is 6.42 Å². The van der Waals surface area contributed by atoms with E-state index in [1.165, 1.54) is 0 Å². The summed E-state index contributed by atoms with van der Waals surface area (Å²) in [6.07, 6.45) is 2.03. The predicted octanol–water partition coefficient (Wildman–Crippen LogP) is 0.132.